The molecule has 232 valence electrons. The summed E-state index contributed by atoms with van der Waals surface area (Å²) in [4.78, 5) is 51.1. The molecule has 1 aromatic carbocycles. The van der Waals surface area contributed by atoms with Crippen LogP contribution in [0.1, 0.15) is 54.3 Å². The summed E-state index contributed by atoms with van der Waals surface area (Å²) in [5, 5.41) is 6.81. The zero-order chi connectivity index (χ0) is 30.8. The summed E-state index contributed by atoms with van der Waals surface area (Å²) in [5.41, 5.74) is 3.38. The first-order chi connectivity index (χ1) is 21.3. The number of anilines is 2. The Morgan fingerprint density at radius 2 is 1.84 bits per heavy atom. The molecule has 0 aliphatic carbocycles. The minimum Gasteiger partial charge on any atom is -0.381 e. The Hall–Kier alpha value is -3.87. The first-order valence-corrected chi connectivity index (χ1v) is 15.5. The van der Waals surface area contributed by atoms with E-state index in [1.54, 1.807) is 30.3 Å². The van der Waals surface area contributed by atoms with E-state index in [4.69, 9.17) is 21.3 Å². The number of carbonyl (C=O) groups excluding carboxylic acids is 2. The highest BCUT2D eigenvalue weighted by Gasteiger charge is 2.35. The fourth-order valence-electron chi connectivity index (χ4n) is 5.76. The van der Waals surface area contributed by atoms with Crippen molar-refractivity contribution in [1.29, 1.82) is 0 Å². The van der Waals surface area contributed by atoms with Crippen LogP contribution < -0.4 is 15.5 Å². The standard InChI is InChI=1S/C31H38ClN9O3/c1-19(26-6-9-33-31(37-26)40-12-10-39(3)11-13-40)35-28(42)20(2)41-18-22-5-4-21(16-24(22)29(41)43)27-25(32)17-34-30(38-27)36-23-7-14-44-15-8-23/h4-6,9,16-17,19-20,23H,7-8,10-15,18H2,1-3H3,(H,35,42)(H,34,36,38)/t19-,20-/m1/s1. The van der Waals surface area contributed by atoms with Crippen LogP contribution in [0.2, 0.25) is 5.02 Å². The van der Waals surface area contributed by atoms with Gasteiger partial charge >= 0.3 is 0 Å². The molecule has 0 spiro atoms. The van der Waals surface area contributed by atoms with Crippen LogP contribution in [0.5, 0.6) is 0 Å². The van der Waals surface area contributed by atoms with Gasteiger partial charge in [0, 0.05) is 69.3 Å². The lowest BCUT2D eigenvalue weighted by Gasteiger charge is -2.32. The molecule has 2 atom stereocenters. The van der Waals surface area contributed by atoms with E-state index in [2.05, 4.69) is 42.4 Å². The van der Waals surface area contributed by atoms with Crippen molar-refractivity contribution in [3.63, 3.8) is 0 Å². The first-order valence-electron chi connectivity index (χ1n) is 15.1. The SMILES string of the molecule is C[C@H](C(=O)N[C@H](C)c1ccnc(N2CCN(C)CC2)n1)N1Cc2ccc(-c3nc(NC4CCOCC4)ncc3Cl)cc2C1=O. The van der Waals surface area contributed by atoms with Gasteiger partial charge in [0.15, 0.2) is 0 Å². The van der Waals surface area contributed by atoms with Crippen LogP contribution in [0.3, 0.4) is 0 Å². The Balaban J connectivity index is 1.12. The monoisotopic (exact) mass is 619 g/mol. The van der Waals surface area contributed by atoms with E-state index in [0.29, 0.717) is 53.5 Å². The van der Waals surface area contributed by atoms with E-state index in [9.17, 15) is 9.59 Å². The van der Waals surface area contributed by atoms with Crippen LogP contribution in [-0.2, 0) is 16.1 Å². The van der Waals surface area contributed by atoms with Crippen molar-refractivity contribution in [2.75, 3.05) is 56.7 Å². The smallest absolute Gasteiger partial charge is 0.255 e. The second-order valence-electron chi connectivity index (χ2n) is 11.7. The molecule has 3 aliphatic rings. The fourth-order valence-corrected chi connectivity index (χ4v) is 5.96. The molecule has 6 rings (SSSR count). The predicted molar refractivity (Wildman–Crippen MR) is 168 cm³/mol. The van der Waals surface area contributed by atoms with Gasteiger partial charge in [-0.15, -0.1) is 0 Å². The van der Waals surface area contributed by atoms with Crippen molar-refractivity contribution in [2.24, 2.45) is 0 Å². The summed E-state index contributed by atoms with van der Waals surface area (Å²) >= 11 is 6.51. The summed E-state index contributed by atoms with van der Waals surface area (Å²) < 4.78 is 5.44. The maximum atomic E-state index is 13.6. The molecule has 2 fully saturated rings. The molecule has 5 heterocycles. The maximum absolute atomic E-state index is 13.6. The molecule has 2 N–H and O–H groups in total. The number of hydrogen-bond acceptors (Lipinski definition) is 10. The second kappa shape index (κ2) is 13.0. The number of rotatable bonds is 8. The summed E-state index contributed by atoms with van der Waals surface area (Å²) in [7, 11) is 2.10. The number of halogens is 1. The van der Waals surface area contributed by atoms with Gasteiger partial charge in [-0.2, -0.15) is 0 Å². The predicted octanol–water partition coefficient (Wildman–Crippen LogP) is 3.15. The largest absolute Gasteiger partial charge is 0.381 e. The number of nitrogens with one attached hydrogen (secondary N) is 2. The number of piperazine rings is 1. The van der Waals surface area contributed by atoms with Crippen LogP contribution in [0.4, 0.5) is 11.9 Å². The molecule has 0 unspecified atom stereocenters. The minimum atomic E-state index is -0.683. The second-order valence-corrected chi connectivity index (χ2v) is 12.1. The van der Waals surface area contributed by atoms with Crippen molar-refractivity contribution in [2.45, 2.75) is 51.4 Å². The van der Waals surface area contributed by atoms with Crippen LogP contribution in [0.25, 0.3) is 11.3 Å². The summed E-state index contributed by atoms with van der Waals surface area (Å²) in [6.07, 6.45) is 5.07. The van der Waals surface area contributed by atoms with Gasteiger partial charge in [0.1, 0.15) is 6.04 Å². The third kappa shape index (κ3) is 6.47. The third-order valence-electron chi connectivity index (χ3n) is 8.61. The molecule has 2 aromatic heterocycles. The van der Waals surface area contributed by atoms with Gasteiger partial charge in [0.05, 0.1) is 28.6 Å². The Kier molecular flexibility index (Phi) is 8.92. The van der Waals surface area contributed by atoms with Crippen molar-refractivity contribution in [3.05, 3.63) is 58.5 Å². The van der Waals surface area contributed by atoms with Gasteiger partial charge in [-0.25, -0.2) is 19.9 Å². The number of ether oxygens (including phenoxy) is 1. The van der Waals surface area contributed by atoms with Crippen molar-refractivity contribution in [1.82, 2.24) is 35.1 Å². The normalized spacial score (nSPS) is 19.0. The van der Waals surface area contributed by atoms with E-state index in [1.165, 1.54) is 0 Å². The van der Waals surface area contributed by atoms with Crippen molar-refractivity contribution >= 4 is 35.3 Å². The Morgan fingerprint density at radius 3 is 2.61 bits per heavy atom. The van der Waals surface area contributed by atoms with E-state index >= 15 is 0 Å². The highest BCUT2D eigenvalue weighted by Crippen LogP contribution is 2.32. The number of fused-ring (bicyclic) bond motifs is 1. The number of aromatic nitrogens is 4. The number of amides is 2. The zero-order valence-corrected chi connectivity index (χ0v) is 26.0. The van der Waals surface area contributed by atoms with Gasteiger partial charge in [-0.1, -0.05) is 23.7 Å². The Labute approximate surface area is 262 Å². The van der Waals surface area contributed by atoms with Gasteiger partial charge < -0.3 is 30.1 Å². The molecule has 2 amide bonds. The van der Waals surface area contributed by atoms with Crippen molar-refractivity contribution < 1.29 is 14.3 Å². The first kappa shape index (κ1) is 30.2. The molecular weight excluding hydrogens is 582 g/mol. The van der Waals surface area contributed by atoms with Crippen molar-refractivity contribution in [3.8, 4) is 11.3 Å². The molecule has 3 aromatic rings. The molecule has 0 radical (unpaired) electrons. The molecule has 0 bridgehead atoms. The summed E-state index contributed by atoms with van der Waals surface area (Å²) in [6, 6.07) is 6.63. The zero-order valence-electron chi connectivity index (χ0n) is 25.3. The van der Waals surface area contributed by atoms with Crippen LogP contribution in [0.15, 0.2) is 36.7 Å². The lowest BCUT2D eigenvalue weighted by Crippen LogP contribution is -2.46. The lowest BCUT2D eigenvalue weighted by atomic mass is 10.0. The molecule has 3 aliphatic heterocycles. The molecule has 0 saturated carbocycles. The Morgan fingerprint density at radius 1 is 1.07 bits per heavy atom. The average molecular weight is 620 g/mol. The summed E-state index contributed by atoms with van der Waals surface area (Å²) in [6.45, 7) is 9.00. The van der Waals surface area contributed by atoms with Gasteiger partial charge in [0.2, 0.25) is 17.8 Å². The topological polar surface area (TPSA) is 129 Å². The average Bonchev–Trinajstić information content (AvgIpc) is 3.37. The molecule has 44 heavy (non-hydrogen) atoms. The number of benzene rings is 1. The Bertz CT molecular complexity index is 1520. The van der Waals surface area contributed by atoms with E-state index < -0.39 is 6.04 Å². The maximum Gasteiger partial charge on any atom is 0.255 e. The van der Waals surface area contributed by atoms with Gasteiger partial charge in [-0.3, -0.25) is 9.59 Å². The van der Waals surface area contributed by atoms with E-state index in [-0.39, 0.29) is 23.9 Å². The minimum absolute atomic E-state index is 0.206. The van der Waals surface area contributed by atoms with E-state index in [1.807, 2.05) is 25.1 Å². The van der Waals surface area contributed by atoms with E-state index in [0.717, 1.165) is 50.3 Å². The fraction of sp³-hybridized carbons (Fsp3) is 0.484. The quantitative estimate of drug-likeness (QED) is 0.388. The molecular formula is C31H38ClN9O3. The van der Waals surface area contributed by atoms with Crippen LogP contribution in [-0.4, -0.2) is 100 Å². The molecule has 2 saturated heterocycles. The number of carbonyl (C=O) groups is 2. The highest BCUT2D eigenvalue weighted by atomic mass is 35.5. The van der Waals surface area contributed by atoms with Gasteiger partial charge in [0.25, 0.3) is 5.91 Å². The third-order valence-corrected chi connectivity index (χ3v) is 8.89. The molecule has 13 heteroatoms. The van der Waals surface area contributed by atoms with Crippen LogP contribution >= 0.6 is 11.6 Å². The highest BCUT2D eigenvalue weighted by molar-refractivity contribution is 6.33. The summed E-state index contributed by atoms with van der Waals surface area (Å²) in [5.74, 6) is 0.702. The lowest BCUT2D eigenvalue weighted by molar-refractivity contribution is -0.125. The van der Waals surface area contributed by atoms with Gasteiger partial charge in [-0.05, 0) is 51.4 Å². The number of likely N-dealkylation sites (N-methyl/N-ethyl adjacent to an activating group) is 1. The van der Waals surface area contributed by atoms with Crippen LogP contribution in [0, 0.1) is 0 Å². The molecule has 12 nitrogen and oxygen atoms in total. The number of nitrogens with zero attached hydrogens (tertiary/aromatic N) is 7. The number of hydrogen-bond donors (Lipinski definition) is 2.